The second-order valence-electron chi connectivity index (χ2n) is 6.54. The van der Waals surface area contributed by atoms with Crippen molar-refractivity contribution in [3.8, 4) is 0 Å². The lowest BCUT2D eigenvalue weighted by Gasteiger charge is -2.18. The molecular formula is C15H29N3S. The maximum absolute atomic E-state index is 4.76. The SMILES string of the molecule is CC(C)CC1CSC(=NCC(C)CN2CCCC2)N1. The van der Waals surface area contributed by atoms with Crippen molar-refractivity contribution in [3.63, 3.8) is 0 Å². The molecule has 0 radical (unpaired) electrons. The third kappa shape index (κ3) is 5.35. The zero-order chi connectivity index (χ0) is 13.7. The molecule has 2 rings (SSSR count). The predicted octanol–water partition coefficient (Wildman–Crippen LogP) is 2.83. The van der Waals surface area contributed by atoms with E-state index in [1.165, 1.54) is 49.8 Å². The Labute approximate surface area is 122 Å². The van der Waals surface area contributed by atoms with Gasteiger partial charge in [0.1, 0.15) is 0 Å². The van der Waals surface area contributed by atoms with E-state index in [2.05, 4.69) is 31.0 Å². The molecule has 0 aromatic carbocycles. The van der Waals surface area contributed by atoms with Crippen LogP contribution < -0.4 is 5.32 Å². The smallest absolute Gasteiger partial charge is 0.156 e. The molecule has 2 fully saturated rings. The molecule has 0 saturated carbocycles. The van der Waals surface area contributed by atoms with Crippen LogP contribution >= 0.6 is 11.8 Å². The lowest BCUT2D eigenvalue weighted by Crippen LogP contribution is -2.29. The quantitative estimate of drug-likeness (QED) is 0.812. The average molecular weight is 283 g/mol. The van der Waals surface area contributed by atoms with Gasteiger partial charge in [0.15, 0.2) is 5.17 Å². The van der Waals surface area contributed by atoms with Crippen LogP contribution in [0.1, 0.15) is 40.0 Å². The standard InChI is InChI=1S/C15H29N3S/c1-12(2)8-14-11-19-15(17-14)16-9-13(3)10-18-6-4-5-7-18/h12-14H,4-11H2,1-3H3,(H,16,17). The Kier molecular flexibility index (Phi) is 6.02. The van der Waals surface area contributed by atoms with Crippen molar-refractivity contribution in [1.82, 2.24) is 10.2 Å². The highest BCUT2D eigenvalue weighted by Gasteiger charge is 2.21. The zero-order valence-corrected chi connectivity index (χ0v) is 13.5. The van der Waals surface area contributed by atoms with Crippen molar-refractivity contribution in [2.24, 2.45) is 16.8 Å². The van der Waals surface area contributed by atoms with Crippen LogP contribution in [0.2, 0.25) is 0 Å². The number of thioether (sulfide) groups is 1. The van der Waals surface area contributed by atoms with Gasteiger partial charge in [0.05, 0.1) is 0 Å². The molecule has 19 heavy (non-hydrogen) atoms. The summed E-state index contributed by atoms with van der Waals surface area (Å²) < 4.78 is 0. The van der Waals surface area contributed by atoms with Gasteiger partial charge in [-0.1, -0.05) is 32.5 Å². The van der Waals surface area contributed by atoms with Crippen LogP contribution in [0, 0.1) is 11.8 Å². The number of amidine groups is 1. The van der Waals surface area contributed by atoms with Gasteiger partial charge in [-0.2, -0.15) is 0 Å². The van der Waals surface area contributed by atoms with Gasteiger partial charge >= 0.3 is 0 Å². The molecule has 0 amide bonds. The van der Waals surface area contributed by atoms with E-state index in [9.17, 15) is 0 Å². The van der Waals surface area contributed by atoms with E-state index in [1.54, 1.807) is 0 Å². The molecule has 2 aliphatic heterocycles. The predicted molar refractivity (Wildman–Crippen MR) is 86.0 cm³/mol. The fourth-order valence-corrected chi connectivity index (χ4v) is 3.92. The van der Waals surface area contributed by atoms with Crippen LogP contribution in [0.4, 0.5) is 0 Å². The monoisotopic (exact) mass is 283 g/mol. The molecule has 4 heteroatoms. The molecule has 3 nitrogen and oxygen atoms in total. The second-order valence-corrected chi connectivity index (χ2v) is 7.55. The first-order valence-corrected chi connectivity index (χ1v) is 8.78. The molecule has 110 valence electrons. The number of hydrogen-bond acceptors (Lipinski definition) is 3. The highest BCUT2D eigenvalue weighted by atomic mass is 32.2. The van der Waals surface area contributed by atoms with Crippen molar-refractivity contribution >= 4 is 16.9 Å². The lowest BCUT2D eigenvalue weighted by molar-refractivity contribution is 0.291. The largest absolute Gasteiger partial charge is 0.361 e. The maximum atomic E-state index is 4.76. The first-order chi connectivity index (χ1) is 9.13. The van der Waals surface area contributed by atoms with E-state index < -0.39 is 0 Å². The minimum absolute atomic E-state index is 0.637. The molecular weight excluding hydrogens is 254 g/mol. The Morgan fingerprint density at radius 1 is 1.32 bits per heavy atom. The van der Waals surface area contributed by atoms with Gasteiger partial charge in [0, 0.05) is 24.9 Å². The Bertz CT molecular complexity index is 298. The molecule has 2 atom stereocenters. The van der Waals surface area contributed by atoms with Crippen LogP contribution in [-0.4, -0.2) is 48.0 Å². The van der Waals surface area contributed by atoms with Gasteiger partial charge in [0.25, 0.3) is 0 Å². The number of aliphatic imine (C=N–C) groups is 1. The van der Waals surface area contributed by atoms with E-state index in [-0.39, 0.29) is 0 Å². The summed E-state index contributed by atoms with van der Waals surface area (Å²) in [6.07, 6.45) is 4.03. The molecule has 0 spiro atoms. The Hall–Kier alpha value is -0.220. The minimum Gasteiger partial charge on any atom is -0.361 e. The van der Waals surface area contributed by atoms with E-state index in [0.717, 1.165) is 12.5 Å². The summed E-state index contributed by atoms with van der Waals surface area (Å²) in [5, 5.41) is 4.75. The fourth-order valence-electron chi connectivity index (χ4n) is 2.93. The average Bonchev–Trinajstić information content (AvgIpc) is 2.97. The van der Waals surface area contributed by atoms with Crippen molar-refractivity contribution in [2.75, 3.05) is 31.9 Å². The molecule has 0 bridgehead atoms. The number of nitrogens with one attached hydrogen (secondary N) is 1. The van der Waals surface area contributed by atoms with Crippen molar-refractivity contribution in [1.29, 1.82) is 0 Å². The fraction of sp³-hybridized carbons (Fsp3) is 0.933. The normalized spacial score (nSPS) is 28.2. The van der Waals surface area contributed by atoms with Crippen molar-refractivity contribution in [2.45, 2.75) is 46.1 Å². The van der Waals surface area contributed by atoms with Gasteiger partial charge in [0.2, 0.25) is 0 Å². The third-order valence-corrected chi connectivity index (χ3v) is 4.91. The topological polar surface area (TPSA) is 27.6 Å². The summed E-state index contributed by atoms with van der Waals surface area (Å²) >= 11 is 1.90. The van der Waals surface area contributed by atoms with Crippen LogP contribution in [0.15, 0.2) is 4.99 Å². The lowest BCUT2D eigenvalue weighted by atomic mass is 10.1. The zero-order valence-electron chi connectivity index (χ0n) is 12.7. The summed E-state index contributed by atoms with van der Waals surface area (Å²) in [6, 6.07) is 0.637. The number of hydrogen-bond donors (Lipinski definition) is 1. The molecule has 0 aromatic rings. The van der Waals surface area contributed by atoms with Crippen molar-refractivity contribution < 1.29 is 0 Å². The van der Waals surface area contributed by atoms with Crippen LogP contribution in [0.25, 0.3) is 0 Å². The first-order valence-electron chi connectivity index (χ1n) is 7.79. The van der Waals surface area contributed by atoms with E-state index >= 15 is 0 Å². The Morgan fingerprint density at radius 3 is 2.74 bits per heavy atom. The summed E-state index contributed by atoms with van der Waals surface area (Å²) in [5.74, 6) is 2.64. The number of rotatable bonds is 6. The minimum atomic E-state index is 0.637. The Morgan fingerprint density at radius 2 is 2.05 bits per heavy atom. The number of likely N-dealkylation sites (tertiary alicyclic amines) is 1. The van der Waals surface area contributed by atoms with Crippen LogP contribution in [0.5, 0.6) is 0 Å². The van der Waals surface area contributed by atoms with E-state index in [0.29, 0.717) is 12.0 Å². The molecule has 1 N–H and O–H groups in total. The van der Waals surface area contributed by atoms with Crippen LogP contribution in [-0.2, 0) is 0 Å². The van der Waals surface area contributed by atoms with Gasteiger partial charge in [-0.05, 0) is 44.2 Å². The number of nitrogens with zero attached hydrogens (tertiary/aromatic N) is 2. The van der Waals surface area contributed by atoms with Crippen LogP contribution in [0.3, 0.4) is 0 Å². The highest BCUT2D eigenvalue weighted by Crippen LogP contribution is 2.19. The van der Waals surface area contributed by atoms with Crippen molar-refractivity contribution in [3.05, 3.63) is 0 Å². The summed E-state index contributed by atoms with van der Waals surface area (Å²) in [6.45, 7) is 11.7. The van der Waals surface area contributed by atoms with E-state index in [1.807, 2.05) is 11.8 Å². The summed E-state index contributed by atoms with van der Waals surface area (Å²) in [5.41, 5.74) is 0. The first kappa shape index (κ1) is 15.2. The van der Waals surface area contributed by atoms with Gasteiger partial charge in [-0.3, -0.25) is 4.99 Å². The second kappa shape index (κ2) is 7.53. The molecule has 0 aliphatic carbocycles. The summed E-state index contributed by atoms with van der Waals surface area (Å²) in [4.78, 5) is 7.35. The highest BCUT2D eigenvalue weighted by molar-refractivity contribution is 8.14. The maximum Gasteiger partial charge on any atom is 0.156 e. The molecule has 2 heterocycles. The third-order valence-electron chi connectivity index (χ3n) is 3.82. The van der Waals surface area contributed by atoms with Gasteiger partial charge in [-0.25, -0.2) is 0 Å². The summed E-state index contributed by atoms with van der Waals surface area (Å²) in [7, 11) is 0. The Balaban J connectivity index is 1.67. The molecule has 0 aromatic heterocycles. The van der Waals surface area contributed by atoms with E-state index in [4.69, 9.17) is 4.99 Å². The van der Waals surface area contributed by atoms with Gasteiger partial charge < -0.3 is 10.2 Å². The molecule has 2 saturated heterocycles. The van der Waals surface area contributed by atoms with Gasteiger partial charge in [-0.15, -0.1) is 0 Å². The molecule has 2 aliphatic rings. The molecule has 2 unspecified atom stereocenters.